The molecule has 0 N–H and O–H groups in total. The average Bonchev–Trinajstić information content (AvgIpc) is 2.55. The standard InChI is InChI=1S/C18H15IO4/c1-2-22-17(20)12-16(13-8-4-3-5-9-13)23-18(21)14-10-6-7-11-15(14)19/h3-12H,2H2,1H3/b16-12+. The minimum absolute atomic E-state index is 0.161. The first-order valence-corrected chi connectivity index (χ1v) is 8.10. The molecule has 5 heteroatoms. The Bertz CT molecular complexity index is 723. The Labute approximate surface area is 148 Å². The van der Waals surface area contributed by atoms with E-state index in [0.29, 0.717) is 11.1 Å². The van der Waals surface area contributed by atoms with Gasteiger partial charge in [-0.3, -0.25) is 0 Å². The van der Waals surface area contributed by atoms with Crippen LogP contribution in [0.1, 0.15) is 22.8 Å². The number of benzene rings is 2. The minimum Gasteiger partial charge on any atom is -0.463 e. The summed E-state index contributed by atoms with van der Waals surface area (Å²) >= 11 is 2.06. The van der Waals surface area contributed by atoms with E-state index in [2.05, 4.69) is 22.6 Å². The van der Waals surface area contributed by atoms with Crippen molar-refractivity contribution in [2.75, 3.05) is 6.61 Å². The number of hydrogen-bond donors (Lipinski definition) is 0. The van der Waals surface area contributed by atoms with E-state index in [9.17, 15) is 9.59 Å². The second-order valence-electron chi connectivity index (χ2n) is 4.50. The highest BCUT2D eigenvalue weighted by Crippen LogP contribution is 2.20. The van der Waals surface area contributed by atoms with Crippen molar-refractivity contribution < 1.29 is 19.1 Å². The molecule has 0 fully saturated rings. The maximum atomic E-state index is 12.4. The largest absolute Gasteiger partial charge is 0.463 e. The van der Waals surface area contributed by atoms with Gasteiger partial charge < -0.3 is 9.47 Å². The van der Waals surface area contributed by atoms with Gasteiger partial charge >= 0.3 is 11.9 Å². The van der Waals surface area contributed by atoms with Gasteiger partial charge in [-0.05, 0) is 41.6 Å². The summed E-state index contributed by atoms with van der Waals surface area (Å²) in [5.41, 5.74) is 1.07. The van der Waals surface area contributed by atoms with E-state index in [1.165, 1.54) is 6.08 Å². The van der Waals surface area contributed by atoms with Gasteiger partial charge in [0.1, 0.15) is 5.76 Å². The summed E-state index contributed by atoms with van der Waals surface area (Å²) in [5.74, 6) is -0.912. The summed E-state index contributed by atoms with van der Waals surface area (Å²) in [4.78, 5) is 24.1. The third-order valence-electron chi connectivity index (χ3n) is 2.89. The van der Waals surface area contributed by atoms with Gasteiger partial charge in [-0.25, -0.2) is 9.59 Å². The van der Waals surface area contributed by atoms with Crippen LogP contribution in [0, 0.1) is 3.57 Å². The summed E-state index contributed by atoms with van der Waals surface area (Å²) < 4.78 is 11.1. The van der Waals surface area contributed by atoms with E-state index < -0.39 is 11.9 Å². The quantitative estimate of drug-likeness (QED) is 0.316. The zero-order chi connectivity index (χ0) is 16.7. The van der Waals surface area contributed by atoms with Crippen LogP contribution >= 0.6 is 22.6 Å². The second-order valence-corrected chi connectivity index (χ2v) is 5.66. The topological polar surface area (TPSA) is 52.6 Å². The molecule has 0 unspecified atom stereocenters. The van der Waals surface area contributed by atoms with Crippen molar-refractivity contribution in [3.8, 4) is 0 Å². The molecular weight excluding hydrogens is 407 g/mol. The van der Waals surface area contributed by atoms with Crippen LogP contribution in [0.3, 0.4) is 0 Å². The maximum Gasteiger partial charge on any atom is 0.344 e. The molecule has 0 aliphatic heterocycles. The molecular formula is C18H15IO4. The smallest absolute Gasteiger partial charge is 0.344 e. The Kier molecular flexibility index (Phi) is 6.34. The lowest BCUT2D eigenvalue weighted by Gasteiger charge is -2.10. The van der Waals surface area contributed by atoms with Crippen LogP contribution in [-0.4, -0.2) is 18.5 Å². The number of rotatable bonds is 5. The van der Waals surface area contributed by atoms with Gasteiger partial charge in [0.15, 0.2) is 0 Å². The first-order valence-electron chi connectivity index (χ1n) is 7.02. The molecule has 23 heavy (non-hydrogen) atoms. The van der Waals surface area contributed by atoms with Crippen LogP contribution in [0.2, 0.25) is 0 Å². The predicted octanol–water partition coefficient (Wildman–Crippen LogP) is 4.05. The molecule has 0 saturated heterocycles. The lowest BCUT2D eigenvalue weighted by atomic mass is 10.1. The fourth-order valence-corrected chi connectivity index (χ4v) is 2.45. The van der Waals surface area contributed by atoms with Crippen molar-refractivity contribution in [3.05, 3.63) is 75.4 Å². The molecule has 4 nitrogen and oxygen atoms in total. The highest BCUT2D eigenvalue weighted by atomic mass is 127. The van der Waals surface area contributed by atoms with Gasteiger partial charge in [0.2, 0.25) is 0 Å². The first kappa shape index (κ1) is 17.2. The normalized spacial score (nSPS) is 11.0. The number of halogens is 1. The van der Waals surface area contributed by atoms with Crippen LogP contribution in [0.15, 0.2) is 60.7 Å². The Balaban J connectivity index is 2.30. The van der Waals surface area contributed by atoms with E-state index >= 15 is 0 Å². The van der Waals surface area contributed by atoms with E-state index in [-0.39, 0.29) is 12.4 Å². The summed E-state index contributed by atoms with van der Waals surface area (Å²) in [6.45, 7) is 1.97. The van der Waals surface area contributed by atoms with Crippen molar-refractivity contribution in [1.82, 2.24) is 0 Å². The van der Waals surface area contributed by atoms with E-state index in [4.69, 9.17) is 9.47 Å². The highest BCUT2D eigenvalue weighted by Gasteiger charge is 2.16. The molecule has 2 rings (SSSR count). The van der Waals surface area contributed by atoms with Crippen LogP contribution in [0.4, 0.5) is 0 Å². The molecule has 0 bridgehead atoms. The number of esters is 2. The minimum atomic E-state index is -0.554. The maximum absolute atomic E-state index is 12.4. The fraction of sp³-hybridized carbons (Fsp3) is 0.111. The van der Waals surface area contributed by atoms with Crippen LogP contribution in [-0.2, 0) is 14.3 Å². The molecule has 2 aromatic carbocycles. The summed E-state index contributed by atoms with van der Waals surface area (Å²) in [5, 5.41) is 0. The van der Waals surface area contributed by atoms with Crippen molar-refractivity contribution in [2.45, 2.75) is 6.92 Å². The summed E-state index contributed by atoms with van der Waals surface area (Å²) in [6, 6.07) is 16.0. The van der Waals surface area contributed by atoms with Crippen molar-refractivity contribution >= 4 is 40.3 Å². The molecule has 0 aliphatic rings. The third-order valence-corrected chi connectivity index (χ3v) is 3.83. The van der Waals surface area contributed by atoms with Crippen LogP contribution in [0.25, 0.3) is 5.76 Å². The fourth-order valence-electron chi connectivity index (χ4n) is 1.85. The Morgan fingerprint density at radius 3 is 2.35 bits per heavy atom. The summed E-state index contributed by atoms with van der Waals surface area (Å²) in [7, 11) is 0. The molecule has 0 spiro atoms. The molecule has 0 amide bonds. The second kappa shape index (κ2) is 8.47. The SMILES string of the molecule is CCOC(=O)/C=C(/OC(=O)c1ccccc1I)c1ccccc1. The number of carbonyl (C=O) groups is 2. The number of hydrogen-bond acceptors (Lipinski definition) is 4. The highest BCUT2D eigenvalue weighted by molar-refractivity contribution is 14.1. The van der Waals surface area contributed by atoms with Gasteiger partial charge in [-0.15, -0.1) is 0 Å². The Hall–Kier alpha value is -2.15. The molecule has 0 atom stereocenters. The van der Waals surface area contributed by atoms with Crippen LogP contribution in [0.5, 0.6) is 0 Å². The zero-order valence-electron chi connectivity index (χ0n) is 12.5. The summed E-state index contributed by atoms with van der Waals surface area (Å²) in [6.07, 6.45) is 1.19. The third kappa shape index (κ3) is 4.92. The van der Waals surface area contributed by atoms with E-state index in [1.807, 2.05) is 18.2 Å². The van der Waals surface area contributed by atoms with Gasteiger partial charge in [0.25, 0.3) is 0 Å². The van der Waals surface area contributed by atoms with Crippen molar-refractivity contribution in [1.29, 1.82) is 0 Å². The predicted molar refractivity (Wildman–Crippen MR) is 95.6 cm³/mol. The van der Waals surface area contributed by atoms with E-state index in [0.717, 1.165) is 3.57 Å². The molecule has 0 aliphatic carbocycles. The molecule has 118 valence electrons. The van der Waals surface area contributed by atoms with Crippen molar-refractivity contribution in [2.24, 2.45) is 0 Å². The number of carbonyl (C=O) groups excluding carboxylic acids is 2. The molecule has 2 aromatic rings. The van der Waals surface area contributed by atoms with Gasteiger partial charge in [0.05, 0.1) is 18.2 Å². The van der Waals surface area contributed by atoms with Gasteiger partial charge in [-0.1, -0.05) is 42.5 Å². The van der Waals surface area contributed by atoms with E-state index in [1.54, 1.807) is 43.3 Å². The van der Waals surface area contributed by atoms with Gasteiger partial charge in [-0.2, -0.15) is 0 Å². The average molecular weight is 422 g/mol. The number of ether oxygens (including phenoxy) is 2. The van der Waals surface area contributed by atoms with Crippen LogP contribution < -0.4 is 0 Å². The van der Waals surface area contributed by atoms with Crippen molar-refractivity contribution in [3.63, 3.8) is 0 Å². The Morgan fingerprint density at radius 1 is 1.04 bits per heavy atom. The zero-order valence-corrected chi connectivity index (χ0v) is 14.6. The molecule has 0 heterocycles. The molecule has 0 saturated carbocycles. The molecule has 0 aromatic heterocycles. The van der Waals surface area contributed by atoms with Gasteiger partial charge in [0, 0.05) is 9.13 Å². The molecule has 0 radical (unpaired) electrons. The lowest BCUT2D eigenvalue weighted by Crippen LogP contribution is -2.09. The first-order chi connectivity index (χ1) is 11.1. The monoisotopic (exact) mass is 422 g/mol. The lowest BCUT2D eigenvalue weighted by molar-refractivity contribution is -0.137. The Morgan fingerprint density at radius 2 is 1.70 bits per heavy atom.